The molecule has 2 heterocycles. The molecule has 1 aromatic rings. The number of carbonyl (C=O) groups excluding carboxylic acids is 1. The number of rotatable bonds is 6. The fourth-order valence-corrected chi connectivity index (χ4v) is 3.24. The van der Waals surface area contributed by atoms with E-state index in [1.54, 1.807) is 15.8 Å². The zero-order chi connectivity index (χ0) is 16.9. The molecule has 23 heavy (non-hydrogen) atoms. The second-order valence-electron chi connectivity index (χ2n) is 5.97. The first-order valence-corrected chi connectivity index (χ1v) is 9.71. The van der Waals surface area contributed by atoms with Crippen LogP contribution in [-0.2, 0) is 23.5 Å². The number of nitrogens with one attached hydrogen (secondary N) is 2. The maximum atomic E-state index is 12.3. The molecular weight excluding hydrogens is 318 g/mol. The molecule has 2 amide bonds. The predicted octanol–water partition coefficient (Wildman–Crippen LogP) is 0.0759. The third-order valence-electron chi connectivity index (χ3n) is 3.92. The van der Waals surface area contributed by atoms with Gasteiger partial charge in [-0.2, -0.15) is 5.10 Å². The van der Waals surface area contributed by atoms with Gasteiger partial charge >= 0.3 is 6.03 Å². The number of piperidine rings is 1. The van der Waals surface area contributed by atoms with Crippen molar-refractivity contribution in [3.63, 3.8) is 0 Å². The highest BCUT2D eigenvalue weighted by molar-refractivity contribution is 7.88. The molecule has 2 N–H and O–H groups in total. The summed E-state index contributed by atoms with van der Waals surface area (Å²) in [7, 11) is -1.38. The predicted molar refractivity (Wildman–Crippen MR) is 87.5 cm³/mol. The summed E-state index contributed by atoms with van der Waals surface area (Å²) in [6.45, 7) is 1.47. The summed E-state index contributed by atoms with van der Waals surface area (Å²) in [5.41, 5.74) is 1.07. The average molecular weight is 343 g/mol. The van der Waals surface area contributed by atoms with E-state index in [0.717, 1.165) is 37.5 Å². The Bertz CT molecular complexity index is 628. The van der Waals surface area contributed by atoms with Crippen LogP contribution in [0.15, 0.2) is 12.4 Å². The second kappa shape index (κ2) is 7.78. The fraction of sp³-hybridized carbons (Fsp3) is 0.714. The third kappa shape index (κ3) is 5.83. The molecule has 1 aliphatic heterocycles. The molecule has 130 valence electrons. The number of likely N-dealkylation sites (tertiary alicyclic amines) is 1. The maximum Gasteiger partial charge on any atom is 0.317 e. The van der Waals surface area contributed by atoms with Gasteiger partial charge in [0.1, 0.15) is 0 Å². The summed E-state index contributed by atoms with van der Waals surface area (Å²) in [5, 5.41) is 7.00. The molecule has 1 fully saturated rings. The number of aryl methyl sites for hydroxylation is 1. The van der Waals surface area contributed by atoms with E-state index < -0.39 is 10.0 Å². The first-order valence-electron chi connectivity index (χ1n) is 7.82. The summed E-state index contributed by atoms with van der Waals surface area (Å²) in [4.78, 5) is 14.1. The molecule has 0 saturated carbocycles. The highest BCUT2D eigenvalue weighted by Crippen LogP contribution is 2.16. The van der Waals surface area contributed by atoms with E-state index >= 15 is 0 Å². The molecule has 0 aliphatic carbocycles. The van der Waals surface area contributed by atoms with Gasteiger partial charge in [-0.3, -0.25) is 4.68 Å². The summed E-state index contributed by atoms with van der Waals surface area (Å²) in [6.07, 6.45) is 8.34. The van der Waals surface area contributed by atoms with Crippen molar-refractivity contribution in [2.45, 2.75) is 31.7 Å². The Morgan fingerprint density at radius 3 is 2.87 bits per heavy atom. The van der Waals surface area contributed by atoms with Gasteiger partial charge in [-0.15, -0.1) is 0 Å². The number of sulfonamides is 1. The summed E-state index contributed by atoms with van der Waals surface area (Å²) in [5.74, 6) is 0. The Kier molecular flexibility index (Phi) is 6.00. The van der Waals surface area contributed by atoms with Crippen molar-refractivity contribution in [3.8, 4) is 0 Å². The molecule has 0 aromatic carbocycles. The number of urea groups is 1. The van der Waals surface area contributed by atoms with E-state index in [4.69, 9.17) is 0 Å². The number of amides is 2. The van der Waals surface area contributed by atoms with Gasteiger partial charge in [0.25, 0.3) is 0 Å². The van der Waals surface area contributed by atoms with E-state index in [2.05, 4.69) is 15.1 Å². The highest BCUT2D eigenvalue weighted by atomic mass is 32.2. The van der Waals surface area contributed by atoms with E-state index in [0.29, 0.717) is 13.1 Å². The van der Waals surface area contributed by atoms with Crippen molar-refractivity contribution in [3.05, 3.63) is 18.0 Å². The third-order valence-corrected chi connectivity index (χ3v) is 4.61. The maximum absolute atomic E-state index is 12.3. The largest absolute Gasteiger partial charge is 0.338 e. The molecule has 1 atom stereocenters. The molecule has 0 radical (unpaired) electrons. The van der Waals surface area contributed by atoms with Crippen LogP contribution in [-0.4, -0.2) is 61.1 Å². The van der Waals surface area contributed by atoms with Gasteiger partial charge in [0.2, 0.25) is 10.0 Å². The smallest absolute Gasteiger partial charge is 0.317 e. The van der Waals surface area contributed by atoms with E-state index in [9.17, 15) is 13.2 Å². The van der Waals surface area contributed by atoms with Crippen molar-refractivity contribution in [2.24, 2.45) is 7.05 Å². The highest BCUT2D eigenvalue weighted by Gasteiger charge is 2.27. The number of hydrogen-bond acceptors (Lipinski definition) is 4. The van der Waals surface area contributed by atoms with Gasteiger partial charge in [-0.1, -0.05) is 0 Å². The van der Waals surface area contributed by atoms with Crippen molar-refractivity contribution >= 4 is 16.1 Å². The minimum absolute atomic E-state index is 0.0862. The van der Waals surface area contributed by atoms with E-state index in [1.807, 2.05) is 13.2 Å². The average Bonchev–Trinajstić information content (AvgIpc) is 2.90. The number of nitrogens with zero attached hydrogens (tertiary/aromatic N) is 3. The lowest BCUT2D eigenvalue weighted by Crippen LogP contribution is -2.52. The first-order chi connectivity index (χ1) is 10.8. The zero-order valence-corrected chi connectivity index (χ0v) is 14.5. The van der Waals surface area contributed by atoms with Gasteiger partial charge < -0.3 is 10.2 Å². The van der Waals surface area contributed by atoms with Crippen LogP contribution in [0.3, 0.4) is 0 Å². The Morgan fingerprint density at radius 1 is 1.43 bits per heavy atom. The lowest BCUT2D eigenvalue weighted by molar-refractivity contribution is 0.152. The molecule has 1 aliphatic rings. The van der Waals surface area contributed by atoms with Crippen molar-refractivity contribution in [1.82, 2.24) is 24.7 Å². The summed E-state index contributed by atoms with van der Waals surface area (Å²) in [6, 6.07) is -0.217. The van der Waals surface area contributed by atoms with Crippen LogP contribution in [0.5, 0.6) is 0 Å². The SMILES string of the molecule is Cn1cc(CCNC(=O)N2CCCCC2CNS(C)(=O)=O)cn1. The van der Waals surface area contributed by atoms with Crippen LogP contribution in [0.2, 0.25) is 0 Å². The minimum Gasteiger partial charge on any atom is -0.338 e. The van der Waals surface area contributed by atoms with Gasteiger partial charge in [0.05, 0.1) is 12.5 Å². The first kappa shape index (κ1) is 17.7. The Balaban J connectivity index is 1.82. The van der Waals surface area contributed by atoms with Crippen molar-refractivity contribution in [2.75, 3.05) is 25.9 Å². The topological polar surface area (TPSA) is 96.3 Å². The van der Waals surface area contributed by atoms with Crippen LogP contribution in [0.25, 0.3) is 0 Å². The zero-order valence-electron chi connectivity index (χ0n) is 13.7. The van der Waals surface area contributed by atoms with Gasteiger partial charge in [-0.05, 0) is 31.2 Å². The van der Waals surface area contributed by atoms with Crippen LogP contribution in [0, 0.1) is 0 Å². The lowest BCUT2D eigenvalue weighted by Gasteiger charge is -2.35. The molecule has 0 spiro atoms. The molecule has 2 rings (SSSR count). The Morgan fingerprint density at radius 2 is 2.22 bits per heavy atom. The van der Waals surface area contributed by atoms with Gasteiger partial charge in [-0.25, -0.2) is 17.9 Å². The minimum atomic E-state index is -3.24. The number of hydrogen-bond donors (Lipinski definition) is 2. The van der Waals surface area contributed by atoms with Crippen molar-refractivity contribution in [1.29, 1.82) is 0 Å². The molecular formula is C14H25N5O3S. The Hall–Kier alpha value is -1.61. The van der Waals surface area contributed by atoms with Crippen LogP contribution < -0.4 is 10.0 Å². The van der Waals surface area contributed by atoms with E-state index in [-0.39, 0.29) is 18.6 Å². The molecule has 8 nitrogen and oxygen atoms in total. The van der Waals surface area contributed by atoms with E-state index in [1.165, 1.54) is 0 Å². The quantitative estimate of drug-likeness (QED) is 0.764. The summed E-state index contributed by atoms with van der Waals surface area (Å²) >= 11 is 0. The fourth-order valence-electron chi connectivity index (χ4n) is 2.74. The standard InChI is InChI=1S/C14H25N5O3S/c1-18-11-12(9-16-18)6-7-15-14(20)19-8-4-3-5-13(19)10-17-23(2,21)22/h9,11,13,17H,3-8,10H2,1-2H3,(H,15,20). The van der Waals surface area contributed by atoms with Crippen LogP contribution in [0.1, 0.15) is 24.8 Å². The summed E-state index contributed by atoms with van der Waals surface area (Å²) < 4.78 is 26.7. The second-order valence-corrected chi connectivity index (χ2v) is 7.80. The van der Waals surface area contributed by atoms with Crippen LogP contribution in [0.4, 0.5) is 4.79 Å². The lowest BCUT2D eigenvalue weighted by atomic mass is 10.0. The molecule has 1 saturated heterocycles. The number of carbonyl (C=O) groups is 1. The molecule has 9 heteroatoms. The van der Waals surface area contributed by atoms with Crippen LogP contribution >= 0.6 is 0 Å². The molecule has 1 aromatic heterocycles. The monoisotopic (exact) mass is 343 g/mol. The van der Waals surface area contributed by atoms with Gasteiger partial charge in [0.15, 0.2) is 0 Å². The normalized spacial score (nSPS) is 18.9. The molecule has 1 unspecified atom stereocenters. The molecule has 0 bridgehead atoms. The Labute approximate surface area is 137 Å². The van der Waals surface area contributed by atoms with Gasteiger partial charge in [0, 0.05) is 38.9 Å². The van der Waals surface area contributed by atoms with Crippen molar-refractivity contribution < 1.29 is 13.2 Å². The number of aromatic nitrogens is 2.